The van der Waals surface area contributed by atoms with Gasteiger partial charge in [0.2, 0.25) is 0 Å². The van der Waals surface area contributed by atoms with E-state index in [1.165, 1.54) is 18.5 Å². The van der Waals surface area contributed by atoms with Crippen molar-refractivity contribution in [1.29, 1.82) is 0 Å². The van der Waals surface area contributed by atoms with E-state index in [1.807, 2.05) is 0 Å². The third-order valence-corrected chi connectivity index (χ3v) is 3.97. The van der Waals surface area contributed by atoms with Crippen LogP contribution in [-0.2, 0) is 0 Å². The highest BCUT2D eigenvalue weighted by Gasteiger charge is 2.20. The minimum absolute atomic E-state index is 0.0180. The zero-order valence-electron chi connectivity index (χ0n) is 11.8. The Morgan fingerprint density at radius 1 is 1.30 bits per heavy atom. The maximum Gasteiger partial charge on any atom is 0.176 e. The SMILES string of the molecule is CC(Oc1ccc2[nH]nc(C=O)c2c1F)c1c(Cl)cncc1Cl. The molecule has 1 N–H and O–H groups in total. The van der Waals surface area contributed by atoms with Crippen LogP contribution >= 0.6 is 23.2 Å². The van der Waals surface area contributed by atoms with Crippen LogP contribution in [0.1, 0.15) is 29.1 Å². The number of halogens is 3. The molecule has 0 bridgehead atoms. The van der Waals surface area contributed by atoms with E-state index in [-0.39, 0.29) is 16.8 Å². The first-order valence-electron chi connectivity index (χ1n) is 6.60. The normalized spacial score (nSPS) is 12.3. The van der Waals surface area contributed by atoms with Crippen molar-refractivity contribution in [3.05, 3.63) is 51.6 Å². The zero-order chi connectivity index (χ0) is 16.6. The summed E-state index contributed by atoms with van der Waals surface area (Å²) in [5, 5.41) is 7.05. The number of aromatic nitrogens is 3. The number of fused-ring (bicyclic) bond motifs is 1. The highest BCUT2D eigenvalue weighted by molar-refractivity contribution is 6.35. The second-order valence-electron chi connectivity index (χ2n) is 4.80. The zero-order valence-corrected chi connectivity index (χ0v) is 13.3. The van der Waals surface area contributed by atoms with Gasteiger partial charge in [-0.2, -0.15) is 5.10 Å². The second kappa shape index (κ2) is 6.14. The molecule has 0 radical (unpaired) electrons. The summed E-state index contributed by atoms with van der Waals surface area (Å²) in [5.74, 6) is -0.704. The molecular formula is C15H10Cl2FN3O2. The molecule has 0 fully saturated rings. The summed E-state index contributed by atoms with van der Waals surface area (Å²) in [6, 6.07) is 3.03. The van der Waals surface area contributed by atoms with Crippen LogP contribution in [0.2, 0.25) is 10.0 Å². The van der Waals surface area contributed by atoms with Crippen LogP contribution in [0, 0.1) is 5.82 Å². The van der Waals surface area contributed by atoms with Crippen molar-refractivity contribution in [2.24, 2.45) is 0 Å². The van der Waals surface area contributed by atoms with E-state index in [0.717, 1.165) is 0 Å². The summed E-state index contributed by atoms with van der Waals surface area (Å²) in [6.07, 6.45) is 2.73. The Morgan fingerprint density at radius 3 is 2.65 bits per heavy atom. The minimum atomic E-state index is -0.675. The summed E-state index contributed by atoms with van der Waals surface area (Å²) in [7, 11) is 0. The molecule has 1 atom stereocenters. The van der Waals surface area contributed by atoms with Crippen LogP contribution in [0.4, 0.5) is 4.39 Å². The van der Waals surface area contributed by atoms with Gasteiger partial charge >= 0.3 is 0 Å². The lowest BCUT2D eigenvalue weighted by molar-refractivity contribution is 0.112. The molecule has 118 valence electrons. The number of nitrogens with one attached hydrogen (secondary N) is 1. The number of ether oxygens (including phenoxy) is 1. The number of aldehydes is 1. The summed E-state index contributed by atoms with van der Waals surface area (Å²) in [6.45, 7) is 1.69. The molecule has 2 heterocycles. The number of benzene rings is 1. The number of hydrogen-bond acceptors (Lipinski definition) is 4. The third kappa shape index (κ3) is 2.75. The van der Waals surface area contributed by atoms with Gasteiger partial charge in [0.1, 0.15) is 11.8 Å². The van der Waals surface area contributed by atoms with Crippen LogP contribution < -0.4 is 4.74 Å². The van der Waals surface area contributed by atoms with Crippen molar-refractivity contribution in [2.45, 2.75) is 13.0 Å². The number of carbonyl (C=O) groups is 1. The van der Waals surface area contributed by atoms with Crippen molar-refractivity contribution in [1.82, 2.24) is 15.2 Å². The first-order chi connectivity index (χ1) is 11.0. The maximum atomic E-state index is 14.6. The maximum absolute atomic E-state index is 14.6. The first kappa shape index (κ1) is 15.7. The topological polar surface area (TPSA) is 67.9 Å². The fourth-order valence-corrected chi connectivity index (χ4v) is 2.98. The lowest BCUT2D eigenvalue weighted by Crippen LogP contribution is -2.06. The lowest BCUT2D eigenvalue weighted by atomic mass is 10.1. The van der Waals surface area contributed by atoms with Gasteiger partial charge in [-0.15, -0.1) is 0 Å². The monoisotopic (exact) mass is 353 g/mol. The van der Waals surface area contributed by atoms with Gasteiger partial charge in [0.05, 0.1) is 20.9 Å². The Labute approximate surface area is 140 Å². The van der Waals surface area contributed by atoms with Gasteiger partial charge in [-0.25, -0.2) is 4.39 Å². The van der Waals surface area contributed by atoms with Gasteiger partial charge in [0, 0.05) is 18.0 Å². The number of hydrogen-bond donors (Lipinski definition) is 1. The van der Waals surface area contributed by atoms with Crippen LogP contribution in [0.25, 0.3) is 10.9 Å². The van der Waals surface area contributed by atoms with Gasteiger partial charge in [-0.05, 0) is 19.1 Å². The van der Waals surface area contributed by atoms with Gasteiger partial charge in [-0.1, -0.05) is 23.2 Å². The molecule has 0 spiro atoms. The van der Waals surface area contributed by atoms with Crippen molar-refractivity contribution in [3.63, 3.8) is 0 Å². The number of aromatic amines is 1. The molecule has 0 aliphatic carbocycles. The number of nitrogens with zero attached hydrogens (tertiary/aromatic N) is 2. The van der Waals surface area contributed by atoms with Crippen molar-refractivity contribution < 1.29 is 13.9 Å². The summed E-state index contributed by atoms with van der Waals surface area (Å²) in [5.41, 5.74) is 0.894. The molecule has 0 saturated heterocycles. The van der Waals surface area contributed by atoms with Gasteiger partial charge < -0.3 is 4.74 Å². The number of rotatable bonds is 4. The van der Waals surface area contributed by atoms with E-state index in [1.54, 1.807) is 13.0 Å². The fourth-order valence-electron chi connectivity index (χ4n) is 2.31. The van der Waals surface area contributed by atoms with Crippen molar-refractivity contribution in [2.75, 3.05) is 0 Å². The van der Waals surface area contributed by atoms with E-state index >= 15 is 0 Å². The van der Waals surface area contributed by atoms with Crippen molar-refractivity contribution >= 4 is 40.4 Å². The van der Waals surface area contributed by atoms with Crippen LogP contribution in [0.15, 0.2) is 24.5 Å². The molecule has 8 heteroatoms. The second-order valence-corrected chi connectivity index (χ2v) is 5.62. The molecule has 2 aromatic heterocycles. The molecule has 0 aliphatic rings. The Hall–Kier alpha value is -2.18. The van der Waals surface area contributed by atoms with E-state index in [9.17, 15) is 9.18 Å². The number of carbonyl (C=O) groups excluding carboxylic acids is 1. The highest BCUT2D eigenvalue weighted by Crippen LogP contribution is 2.34. The summed E-state index contributed by atoms with van der Waals surface area (Å²) in [4.78, 5) is 14.8. The molecular weight excluding hydrogens is 344 g/mol. The van der Waals surface area contributed by atoms with Gasteiger partial charge in [0.25, 0.3) is 0 Å². The Morgan fingerprint density at radius 2 is 2.00 bits per heavy atom. The van der Waals surface area contributed by atoms with Crippen LogP contribution in [0.3, 0.4) is 0 Å². The van der Waals surface area contributed by atoms with E-state index in [2.05, 4.69) is 15.2 Å². The Bertz CT molecular complexity index is 878. The Kier molecular flexibility index (Phi) is 4.19. The molecule has 5 nitrogen and oxygen atoms in total. The fraction of sp³-hybridized carbons (Fsp3) is 0.133. The predicted molar refractivity (Wildman–Crippen MR) is 84.7 cm³/mol. The molecule has 0 saturated carbocycles. The van der Waals surface area contributed by atoms with E-state index < -0.39 is 11.9 Å². The van der Waals surface area contributed by atoms with E-state index in [4.69, 9.17) is 27.9 Å². The molecule has 0 amide bonds. The molecule has 1 unspecified atom stereocenters. The highest BCUT2D eigenvalue weighted by atomic mass is 35.5. The molecule has 0 aliphatic heterocycles. The molecule has 3 rings (SSSR count). The lowest BCUT2D eigenvalue weighted by Gasteiger charge is -2.18. The Balaban J connectivity index is 2.01. The van der Waals surface area contributed by atoms with Gasteiger partial charge in [0.15, 0.2) is 17.9 Å². The largest absolute Gasteiger partial charge is 0.483 e. The molecule has 1 aromatic carbocycles. The first-order valence-corrected chi connectivity index (χ1v) is 7.35. The summed E-state index contributed by atoms with van der Waals surface area (Å²) >= 11 is 12.1. The summed E-state index contributed by atoms with van der Waals surface area (Å²) < 4.78 is 20.2. The molecule has 3 aromatic rings. The van der Waals surface area contributed by atoms with Crippen LogP contribution in [-0.4, -0.2) is 21.5 Å². The predicted octanol–water partition coefficient (Wildman–Crippen LogP) is 4.36. The number of H-pyrrole nitrogens is 1. The van der Waals surface area contributed by atoms with Crippen LogP contribution in [0.5, 0.6) is 5.75 Å². The minimum Gasteiger partial charge on any atom is -0.483 e. The standard InChI is InChI=1S/C15H10Cl2FN3O2/c1-7(13-8(16)4-19-5-9(13)17)23-12-3-2-10-14(15(12)18)11(6-22)21-20-10/h2-7H,1H3,(H,20,21). The van der Waals surface area contributed by atoms with Crippen molar-refractivity contribution in [3.8, 4) is 5.75 Å². The average Bonchev–Trinajstić information content (AvgIpc) is 2.94. The average molecular weight is 354 g/mol. The van der Waals surface area contributed by atoms with Gasteiger partial charge in [-0.3, -0.25) is 14.9 Å². The van der Waals surface area contributed by atoms with E-state index in [0.29, 0.717) is 27.4 Å². The molecule has 23 heavy (non-hydrogen) atoms. The smallest absolute Gasteiger partial charge is 0.176 e. The third-order valence-electron chi connectivity index (χ3n) is 3.37. The quantitative estimate of drug-likeness (QED) is 0.707. The number of pyridine rings is 1.